The van der Waals surface area contributed by atoms with Crippen LogP contribution < -0.4 is 9.47 Å². The Balaban J connectivity index is 1.55. The number of amides is 1. The Morgan fingerprint density at radius 2 is 1.88 bits per heavy atom. The van der Waals surface area contributed by atoms with E-state index >= 15 is 4.39 Å². The molecular formula is C23H22F3N3O5. The highest BCUT2D eigenvalue weighted by Crippen LogP contribution is 2.33. The maximum Gasteiger partial charge on any atom is 0.261 e. The van der Waals surface area contributed by atoms with Gasteiger partial charge in [-0.3, -0.25) is 4.79 Å². The third-order valence-electron chi connectivity index (χ3n) is 5.26. The summed E-state index contributed by atoms with van der Waals surface area (Å²) in [6.45, 7) is 3.55. The van der Waals surface area contributed by atoms with Crippen molar-refractivity contribution in [1.82, 2.24) is 15.0 Å². The highest BCUT2D eigenvalue weighted by molar-refractivity contribution is 5.81. The standard InChI is InChI=1S/C23H22F3N3O5/c1-12-9-29(23(30)13(2)33-12)10-18-27-22(34-28-18)16-8-17(24)20(26)21(19(16)25)32-11-14-4-6-15(31-3)7-5-14/h4-8,12-13H,9-11H2,1-3H3/t12-,13+/m0/s1. The number of methoxy groups -OCH3 is 1. The van der Waals surface area contributed by atoms with Crippen LogP contribution in [0.3, 0.4) is 0 Å². The van der Waals surface area contributed by atoms with E-state index in [1.165, 1.54) is 12.0 Å². The largest absolute Gasteiger partial charge is 0.497 e. The predicted octanol–water partition coefficient (Wildman–Crippen LogP) is 3.88. The maximum absolute atomic E-state index is 15.1. The molecule has 3 aromatic rings. The van der Waals surface area contributed by atoms with E-state index in [9.17, 15) is 13.6 Å². The van der Waals surface area contributed by atoms with Crippen molar-refractivity contribution in [2.75, 3.05) is 13.7 Å². The van der Waals surface area contributed by atoms with Crippen LogP contribution in [0.1, 0.15) is 25.2 Å². The summed E-state index contributed by atoms with van der Waals surface area (Å²) in [6.07, 6.45) is -0.808. The van der Waals surface area contributed by atoms with Crippen molar-refractivity contribution in [3.63, 3.8) is 0 Å². The zero-order chi connectivity index (χ0) is 24.4. The van der Waals surface area contributed by atoms with Gasteiger partial charge in [0.25, 0.3) is 11.8 Å². The maximum atomic E-state index is 15.1. The average Bonchev–Trinajstić information content (AvgIpc) is 3.28. The molecule has 8 nitrogen and oxygen atoms in total. The van der Waals surface area contributed by atoms with E-state index in [1.807, 2.05) is 6.92 Å². The van der Waals surface area contributed by atoms with Gasteiger partial charge >= 0.3 is 0 Å². The van der Waals surface area contributed by atoms with Gasteiger partial charge in [0.2, 0.25) is 5.82 Å². The third kappa shape index (κ3) is 4.84. The normalized spacial score (nSPS) is 18.3. The summed E-state index contributed by atoms with van der Waals surface area (Å²) in [4.78, 5) is 17.8. The number of halogens is 3. The van der Waals surface area contributed by atoms with Crippen molar-refractivity contribution >= 4 is 5.91 Å². The lowest BCUT2D eigenvalue weighted by atomic mass is 10.1. The minimum atomic E-state index is -1.48. The molecule has 11 heteroatoms. The van der Waals surface area contributed by atoms with Gasteiger partial charge in [-0.2, -0.15) is 9.37 Å². The first-order chi connectivity index (χ1) is 16.3. The molecule has 1 amide bonds. The fourth-order valence-electron chi connectivity index (χ4n) is 3.59. The Bertz CT molecular complexity index is 1190. The van der Waals surface area contributed by atoms with Gasteiger partial charge < -0.3 is 23.6 Å². The summed E-state index contributed by atoms with van der Waals surface area (Å²) in [6, 6.07) is 7.22. The molecule has 4 rings (SSSR count). The topological polar surface area (TPSA) is 86.9 Å². The molecule has 34 heavy (non-hydrogen) atoms. The van der Waals surface area contributed by atoms with E-state index in [0.29, 0.717) is 23.9 Å². The van der Waals surface area contributed by atoms with E-state index in [-0.39, 0.29) is 36.9 Å². The molecule has 0 radical (unpaired) electrons. The van der Waals surface area contributed by atoms with Gasteiger partial charge in [0, 0.05) is 6.54 Å². The Morgan fingerprint density at radius 1 is 1.15 bits per heavy atom. The number of nitrogens with zero attached hydrogens (tertiary/aromatic N) is 3. The van der Waals surface area contributed by atoms with Crippen LogP contribution in [-0.4, -0.2) is 46.8 Å². The Morgan fingerprint density at radius 3 is 2.59 bits per heavy atom. The second-order valence-corrected chi connectivity index (χ2v) is 7.82. The fourth-order valence-corrected chi connectivity index (χ4v) is 3.59. The van der Waals surface area contributed by atoms with Crippen molar-refractivity contribution in [2.45, 2.75) is 39.2 Å². The molecule has 180 valence electrons. The molecule has 1 aliphatic rings. The Kier molecular flexibility index (Phi) is 6.73. The number of morpholine rings is 1. The Hall–Kier alpha value is -3.60. The fraction of sp³-hybridized carbons (Fsp3) is 0.348. The molecule has 1 aromatic heterocycles. The molecule has 0 saturated carbocycles. The van der Waals surface area contributed by atoms with E-state index < -0.39 is 34.9 Å². The van der Waals surface area contributed by atoms with Gasteiger partial charge in [-0.25, -0.2) is 8.78 Å². The number of hydrogen-bond donors (Lipinski definition) is 0. The zero-order valence-electron chi connectivity index (χ0n) is 18.7. The first-order valence-electron chi connectivity index (χ1n) is 10.5. The molecule has 1 saturated heterocycles. The van der Waals surface area contributed by atoms with Gasteiger partial charge in [0.15, 0.2) is 23.2 Å². The summed E-state index contributed by atoms with van der Waals surface area (Å²) in [5.74, 6) is -4.86. The van der Waals surface area contributed by atoms with E-state index in [0.717, 1.165) is 0 Å². The smallest absolute Gasteiger partial charge is 0.261 e. The number of hydrogen-bond acceptors (Lipinski definition) is 7. The van der Waals surface area contributed by atoms with Crippen LogP contribution in [-0.2, 0) is 22.7 Å². The molecule has 0 N–H and O–H groups in total. The summed E-state index contributed by atoms with van der Waals surface area (Å²) in [5.41, 5.74) is 0.126. The number of aromatic nitrogens is 2. The molecule has 2 atom stereocenters. The minimum absolute atomic E-state index is 0.00744. The Labute approximate surface area is 193 Å². The highest BCUT2D eigenvalue weighted by atomic mass is 19.2. The SMILES string of the molecule is COc1ccc(COc2c(F)c(F)cc(-c3nc(CN4C[C@H](C)O[C@H](C)C4=O)no3)c2F)cc1. The molecule has 0 spiro atoms. The quantitative estimate of drug-likeness (QED) is 0.478. The van der Waals surface area contributed by atoms with Gasteiger partial charge in [-0.1, -0.05) is 17.3 Å². The molecule has 0 unspecified atom stereocenters. The highest BCUT2D eigenvalue weighted by Gasteiger charge is 2.31. The van der Waals surface area contributed by atoms with Gasteiger partial charge in [-0.15, -0.1) is 0 Å². The van der Waals surface area contributed by atoms with Gasteiger partial charge in [-0.05, 0) is 37.6 Å². The first kappa shape index (κ1) is 23.6. The molecular weight excluding hydrogens is 455 g/mol. The van der Waals surface area contributed by atoms with E-state index in [1.54, 1.807) is 31.2 Å². The lowest BCUT2D eigenvalue weighted by molar-refractivity contribution is -0.159. The van der Waals surface area contributed by atoms with Crippen molar-refractivity contribution in [3.8, 4) is 23.0 Å². The van der Waals surface area contributed by atoms with Crippen LogP contribution in [0.25, 0.3) is 11.5 Å². The van der Waals surface area contributed by atoms with Crippen LogP contribution in [0.5, 0.6) is 11.5 Å². The monoisotopic (exact) mass is 477 g/mol. The summed E-state index contributed by atoms with van der Waals surface area (Å²) >= 11 is 0. The third-order valence-corrected chi connectivity index (χ3v) is 5.26. The molecule has 1 aliphatic heterocycles. The van der Waals surface area contributed by atoms with Crippen LogP contribution in [0, 0.1) is 17.5 Å². The average molecular weight is 477 g/mol. The van der Waals surface area contributed by atoms with Crippen molar-refractivity contribution in [3.05, 3.63) is 59.2 Å². The van der Waals surface area contributed by atoms with Gasteiger partial charge in [0.05, 0.1) is 25.3 Å². The summed E-state index contributed by atoms with van der Waals surface area (Å²) in [5, 5.41) is 3.75. The lowest BCUT2D eigenvalue weighted by Gasteiger charge is -2.34. The number of carbonyl (C=O) groups is 1. The van der Waals surface area contributed by atoms with E-state index in [2.05, 4.69) is 10.1 Å². The minimum Gasteiger partial charge on any atom is -0.497 e. The second kappa shape index (κ2) is 9.72. The molecule has 1 fully saturated rings. The van der Waals surface area contributed by atoms with Gasteiger partial charge in [0.1, 0.15) is 18.5 Å². The van der Waals surface area contributed by atoms with Crippen molar-refractivity contribution in [2.24, 2.45) is 0 Å². The summed E-state index contributed by atoms with van der Waals surface area (Å²) in [7, 11) is 1.51. The molecule has 2 heterocycles. The number of rotatable bonds is 7. The lowest BCUT2D eigenvalue weighted by Crippen LogP contribution is -2.49. The van der Waals surface area contributed by atoms with Crippen molar-refractivity contribution in [1.29, 1.82) is 0 Å². The molecule has 0 bridgehead atoms. The molecule has 0 aliphatic carbocycles. The summed E-state index contributed by atoms with van der Waals surface area (Å²) < 4.78 is 64.5. The number of ether oxygens (including phenoxy) is 3. The first-order valence-corrected chi connectivity index (χ1v) is 10.5. The van der Waals surface area contributed by atoms with Crippen molar-refractivity contribution < 1.29 is 36.7 Å². The van der Waals surface area contributed by atoms with Crippen LogP contribution >= 0.6 is 0 Å². The number of carbonyl (C=O) groups excluding carboxylic acids is 1. The van der Waals surface area contributed by atoms with Crippen LogP contribution in [0.15, 0.2) is 34.9 Å². The van der Waals surface area contributed by atoms with Crippen LogP contribution in [0.2, 0.25) is 0 Å². The number of benzene rings is 2. The second-order valence-electron chi connectivity index (χ2n) is 7.82. The predicted molar refractivity (Wildman–Crippen MR) is 112 cm³/mol. The van der Waals surface area contributed by atoms with E-state index in [4.69, 9.17) is 18.7 Å². The molecule has 2 aromatic carbocycles. The van der Waals surface area contributed by atoms with Crippen LogP contribution in [0.4, 0.5) is 13.2 Å². The zero-order valence-corrected chi connectivity index (χ0v) is 18.7.